The lowest BCUT2D eigenvalue weighted by molar-refractivity contribution is -0.146. The number of hydrogen-bond acceptors (Lipinski definition) is 6. The van der Waals surface area contributed by atoms with Crippen LogP contribution in [0.3, 0.4) is 0 Å². The lowest BCUT2D eigenvalue weighted by atomic mass is 10.00. The Morgan fingerprint density at radius 2 is 2.41 bits per heavy atom. The van der Waals surface area contributed by atoms with Gasteiger partial charge in [-0.2, -0.15) is 10.7 Å². The molecular weight excluding hydrogens is 224 g/mol. The molecule has 7 heteroatoms. The molecule has 0 amide bonds. The summed E-state index contributed by atoms with van der Waals surface area (Å²) in [5, 5.41) is 17.4. The zero-order valence-corrected chi connectivity index (χ0v) is 9.63. The second-order valence-electron chi connectivity index (χ2n) is 4.00. The second kappa shape index (κ2) is 7.19. The van der Waals surface area contributed by atoms with Gasteiger partial charge < -0.3 is 10.8 Å². The number of carboxylic acids is 1. The fraction of sp³-hybridized carbons (Fsp3) is 0.800. The van der Waals surface area contributed by atoms with Gasteiger partial charge in [0.05, 0.1) is 12.1 Å². The van der Waals surface area contributed by atoms with Crippen LogP contribution >= 0.6 is 0 Å². The predicted octanol–water partition coefficient (Wildman–Crippen LogP) is -1.09. The molecule has 7 nitrogen and oxygen atoms in total. The number of aliphatic carboxylic acids is 1. The van der Waals surface area contributed by atoms with Gasteiger partial charge in [0.2, 0.25) is 0 Å². The lowest BCUT2D eigenvalue weighted by Crippen LogP contribution is -2.51. The molecule has 2 atom stereocenters. The number of nitrogens with two attached hydrogens (primary N) is 1. The van der Waals surface area contributed by atoms with Crippen LogP contribution in [0.2, 0.25) is 0 Å². The summed E-state index contributed by atoms with van der Waals surface area (Å²) in [6.45, 7) is 1.44. The molecule has 1 heterocycles. The van der Waals surface area contributed by atoms with Crippen molar-refractivity contribution in [2.75, 3.05) is 26.2 Å². The summed E-state index contributed by atoms with van der Waals surface area (Å²) in [7, 11) is 0. The predicted molar refractivity (Wildman–Crippen MR) is 59.8 cm³/mol. The third-order valence-electron chi connectivity index (χ3n) is 2.70. The Morgan fingerprint density at radius 1 is 1.65 bits per heavy atom. The smallest absolute Gasteiger partial charge is 0.331 e. The highest BCUT2D eigenvalue weighted by atomic mass is 16.7. The number of nitriles is 1. The lowest BCUT2D eigenvalue weighted by Gasteiger charge is -2.35. The molecule has 1 rings (SSSR count). The maximum atomic E-state index is 10.3. The number of likely N-dealkylation sites (tertiary alicyclic amines) is 1. The van der Waals surface area contributed by atoms with Crippen LogP contribution in [0.25, 0.3) is 0 Å². The minimum atomic E-state index is -1.01. The van der Waals surface area contributed by atoms with Crippen molar-refractivity contribution in [2.45, 2.75) is 24.9 Å². The third-order valence-corrected chi connectivity index (χ3v) is 2.70. The van der Waals surface area contributed by atoms with Gasteiger partial charge in [-0.3, -0.25) is 9.74 Å². The summed E-state index contributed by atoms with van der Waals surface area (Å²) in [4.78, 5) is 17.1. The maximum absolute atomic E-state index is 10.3. The first-order valence-corrected chi connectivity index (χ1v) is 5.60. The van der Waals surface area contributed by atoms with Crippen LogP contribution in [0.15, 0.2) is 0 Å². The molecule has 4 N–H and O–H groups in total. The number of rotatable bonds is 6. The zero-order valence-electron chi connectivity index (χ0n) is 9.63. The first kappa shape index (κ1) is 13.9. The summed E-state index contributed by atoms with van der Waals surface area (Å²) in [5.41, 5.74) is 8.19. The molecule has 1 aliphatic heterocycles. The molecule has 17 heavy (non-hydrogen) atoms. The van der Waals surface area contributed by atoms with E-state index in [1.54, 1.807) is 0 Å². The molecule has 0 saturated carbocycles. The van der Waals surface area contributed by atoms with Crippen molar-refractivity contribution in [3.8, 4) is 6.07 Å². The molecule has 1 saturated heterocycles. The monoisotopic (exact) mass is 242 g/mol. The molecule has 96 valence electrons. The van der Waals surface area contributed by atoms with Gasteiger partial charge in [-0.1, -0.05) is 0 Å². The molecule has 0 aromatic rings. The largest absolute Gasteiger partial charge is 0.479 e. The Balaban J connectivity index is 2.34. The molecule has 0 aromatic heterocycles. The Labute approximate surface area is 100 Å². The molecule has 1 aliphatic rings. The summed E-state index contributed by atoms with van der Waals surface area (Å²) in [5.74, 6) is -1.01. The van der Waals surface area contributed by atoms with Crippen LogP contribution in [-0.4, -0.2) is 54.3 Å². The molecule has 0 spiro atoms. The molecule has 0 bridgehead atoms. The van der Waals surface area contributed by atoms with E-state index in [9.17, 15) is 4.79 Å². The highest BCUT2D eigenvalue weighted by molar-refractivity contribution is 5.67. The minimum Gasteiger partial charge on any atom is -0.479 e. The fourth-order valence-corrected chi connectivity index (χ4v) is 1.92. The Bertz CT molecular complexity index is 292. The molecule has 0 aliphatic carbocycles. The van der Waals surface area contributed by atoms with Gasteiger partial charge in [-0.05, 0) is 12.8 Å². The quantitative estimate of drug-likeness (QED) is 0.507. The van der Waals surface area contributed by atoms with Gasteiger partial charge in [0.1, 0.15) is 0 Å². The van der Waals surface area contributed by atoms with E-state index < -0.39 is 5.97 Å². The Hall–Kier alpha value is -1.20. The summed E-state index contributed by atoms with van der Waals surface area (Å²) in [6.07, 6.45) is 1.53. The van der Waals surface area contributed by atoms with E-state index in [1.165, 1.54) is 0 Å². The van der Waals surface area contributed by atoms with E-state index in [2.05, 4.69) is 11.5 Å². The van der Waals surface area contributed by atoms with E-state index in [4.69, 9.17) is 20.9 Å². The van der Waals surface area contributed by atoms with Crippen LogP contribution in [0, 0.1) is 11.3 Å². The van der Waals surface area contributed by atoms with Crippen molar-refractivity contribution in [1.82, 2.24) is 10.4 Å². The van der Waals surface area contributed by atoms with E-state index >= 15 is 0 Å². The highest BCUT2D eigenvalue weighted by Crippen LogP contribution is 2.16. The number of nitrogens with zero attached hydrogens (tertiary/aromatic N) is 2. The average Bonchev–Trinajstić information content (AvgIpc) is 2.29. The number of hydrogen-bond donors (Lipinski definition) is 3. The van der Waals surface area contributed by atoms with E-state index in [-0.39, 0.29) is 18.7 Å². The summed E-state index contributed by atoms with van der Waals surface area (Å²) >= 11 is 0. The van der Waals surface area contributed by atoms with Crippen LogP contribution in [0.5, 0.6) is 0 Å². The fourth-order valence-electron chi connectivity index (χ4n) is 1.92. The first-order valence-electron chi connectivity index (χ1n) is 5.60. The normalized spacial score (nSPS) is 25.4. The Morgan fingerprint density at radius 3 is 3.00 bits per heavy atom. The molecule has 0 aromatic carbocycles. The van der Waals surface area contributed by atoms with Gasteiger partial charge in [0.15, 0.2) is 6.61 Å². The van der Waals surface area contributed by atoms with Gasteiger partial charge in [0.25, 0.3) is 0 Å². The van der Waals surface area contributed by atoms with Gasteiger partial charge in [-0.25, -0.2) is 4.79 Å². The standard InChI is InChI=1S/C10H18N4O3/c11-3-4-14-6-8(1-2-9(14)5-12)13-17-7-10(15)16/h8-9,13H,1-4,6-7,11H2,(H,15,16)/t8-,9+/m1/s1. The molecule has 1 fully saturated rings. The van der Waals surface area contributed by atoms with Crippen LogP contribution in [-0.2, 0) is 9.63 Å². The van der Waals surface area contributed by atoms with Crippen molar-refractivity contribution >= 4 is 5.97 Å². The Kier molecular flexibility index (Phi) is 5.86. The van der Waals surface area contributed by atoms with Crippen molar-refractivity contribution < 1.29 is 14.7 Å². The van der Waals surface area contributed by atoms with Crippen molar-refractivity contribution in [3.63, 3.8) is 0 Å². The van der Waals surface area contributed by atoms with Crippen LogP contribution in [0.4, 0.5) is 0 Å². The maximum Gasteiger partial charge on any atom is 0.331 e. The van der Waals surface area contributed by atoms with E-state index in [0.29, 0.717) is 19.6 Å². The molecule has 0 unspecified atom stereocenters. The van der Waals surface area contributed by atoms with Gasteiger partial charge in [-0.15, -0.1) is 0 Å². The van der Waals surface area contributed by atoms with E-state index in [1.807, 2.05) is 4.90 Å². The van der Waals surface area contributed by atoms with Crippen LogP contribution in [0.1, 0.15) is 12.8 Å². The van der Waals surface area contributed by atoms with Gasteiger partial charge >= 0.3 is 5.97 Å². The SMILES string of the molecule is N#C[C@@H]1CC[C@@H](NOCC(=O)O)CN1CCN. The van der Waals surface area contributed by atoms with Crippen molar-refractivity contribution in [2.24, 2.45) is 5.73 Å². The molecular formula is C10H18N4O3. The summed E-state index contributed by atoms with van der Waals surface area (Å²) < 4.78 is 0. The number of carbonyl (C=O) groups is 1. The average molecular weight is 242 g/mol. The first-order chi connectivity index (χ1) is 8.17. The number of carboxylic acid groups (broad SMARTS) is 1. The highest BCUT2D eigenvalue weighted by Gasteiger charge is 2.27. The number of piperidine rings is 1. The third kappa shape index (κ3) is 4.66. The zero-order chi connectivity index (χ0) is 12.7. The second-order valence-corrected chi connectivity index (χ2v) is 4.00. The number of nitrogens with one attached hydrogen (secondary N) is 1. The minimum absolute atomic E-state index is 0.0468. The van der Waals surface area contributed by atoms with Gasteiger partial charge in [0, 0.05) is 25.7 Å². The topological polar surface area (TPSA) is 112 Å². The number of hydroxylamine groups is 1. The van der Waals surface area contributed by atoms with Crippen LogP contribution < -0.4 is 11.2 Å². The molecule has 0 radical (unpaired) electrons. The van der Waals surface area contributed by atoms with E-state index in [0.717, 1.165) is 12.8 Å². The van der Waals surface area contributed by atoms with Crippen molar-refractivity contribution in [1.29, 1.82) is 5.26 Å². The van der Waals surface area contributed by atoms with Crippen molar-refractivity contribution in [3.05, 3.63) is 0 Å². The summed E-state index contributed by atoms with van der Waals surface area (Å²) in [6, 6.07) is 2.19.